The van der Waals surface area contributed by atoms with Crippen LogP contribution in [0.4, 0.5) is 28.0 Å². The number of piperazine rings is 1. The lowest BCUT2D eigenvalue weighted by Gasteiger charge is -2.35. The third-order valence-electron chi connectivity index (χ3n) is 8.15. The van der Waals surface area contributed by atoms with Gasteiger partial charge in [0, 0.05) is 56.4 Å². The van der Waals surface area contributed by atoms with Crippen molar-refractivity contribution >= 4 is 29.5 Å². The summed E-state index contributed by atoms with van der Waals surface area (Å²) in [5.41, 5.74) is 2.07. The van der Waals surface area contributed by atoms with Crippen molar-refractivity contribution in [3.63, 3.8) is 0 Å². The van der Waals surface area contributed by atoms with Gasteiger partial charge in [-0.15, -0.1) is 0 Å². The van der Waals surface area contributed by atoms with Gasteiger partial charge in [-0.1, -0.05) is 31.4 Å². The van der Waals surface area contributed by atoms with E-state index in [-0.39, 0.29) is 29.1 Å². The van der Waals surface area contributed by atoms with Crippen molar-refractivity contribution in [3.8, 4) is 0 Å². The first kappa shape index (κ1) is 34.7. The molecular weight excluding hydrogens is 610 g/mol. The van der Waals surface area contributed by atoms with Gasteiger partial charge < -0.3 is 26.0 Å². The monoisotopic (exact) mass is 649 g/mol. The minimum absolute atomic E-state index is 0.00787. The van der Waals surface area contributed by atoms with E-state index >= 15 is 0 Å². The Hall–Kier alpha value is -4.20. The average molecular weight is 650 g/mol. The maximum absolute atomic E-state index is 14.6. The molecule has 46 heavy (non-hydrogen) atoms. The van der Waals surface area contributed by atoms with E-state index in [1.54, 1.807) is 11.0 Å². The summed E-state index contributed by atoms with van der Waals surface area (Å²) >= 11 is 0. The number of nitrogens with one attached hydrogen (secondary N) is 3. The van der Waals surface area contributed by atoms with E-state index in [1.165, 1.54) is 31.4 Å². The van der Waals surface area contributed by atoms with Crippen LogP contribution >= 0.6 is 0 Å². The minimum Gasteiger partial charge on any atom is -0.475 e. The van der Waals surface area contributed by atoms with E-state index in [2.05, 4.69) is 20.9 Å². The van der Waals surface area contributed by atoms with Crippen LogP contribution in [0.25, 0.3) is 0 Å². The molecule has 14 heteroatoms. The molecule has 0 spiro atoms. The first-order valence-corrected chi connectivity index (χ1v) is 15.4. The topological polar surface area (TPSA) is 131 Å². The highest BCUT2D eigenvalue weighted by atomic mass is 19.4. The molecule has 2 aliphatic carbocycles. The molecule has 1 aliphatic heterocycles. The van der Waals surface area contributed by atoms with Gasteiger partial charge in [0.05, 0.1) is 5.69 Å². The number of rotatable bonds is 8. The number of aliphatic carboxylic acids is 1. The highest BCUT2D eigenvalue weighted by Crippen LogP contribution is 2.27. The van der Waals surface area contributed by atoms with E-state index in [4.69, 9.17) is 9.90 Å². The maximum atomic E-state index is 14.6. The summed E-state index contributed by atoms with van der Waals surface area (Å²) in [5, 5.41) is 15.6. The number of amides is 4. The number of carbonyl (C=O) groups is 4. The fourth-order valence-electron chi connectivity index (χ4n) is 5.35. The fraction of sp³-hybridized carbons (Fsp3) is 0.500. The Morgan fingerprint density at radius 2 is 1.54 bits per heavy atom. The van der Waals surface area contributed by atoms with E-state index in [1.807, 2.05) is 24.3 Å². The molecule has 2 aromatic rings. The molecule has 4 amide bonds. The number of benzene rings is 2. The zero-order valence-electron chi connectivity index (χ0n) is 25.4. The Morgan fingerprint density at radius 1 is 0.870 bits per heavy atom. The molecule has 1 heterocycles. The van der Waals surface area contributed by atoms with Gasteiger partial charge in [-0.2, -0.15) is 13.2 Å². The summed E-state index contributed by atoms with van der Waals surface area (Å²) in [6.07, 6.45) is 2.87. The highest BCUT2D eigenvalue weighted by Gasteiger charge is 2.38. The third kappa shape index (κ3) is 10.7. The molecule has 1 saturated heterocycles. The number of hydrogen-bond donors (Lipinski definition) is 4. The molecule has 10 nitrogen and oxygen atoms in total. The number of alkyl halides is 3. The molecule has 0 unspecified atom stereocenters. The molecule has 5 rings (SSSR count). The number of anilines is 1. The largest absolute Gasteiger partial charge is 0.490 e. The predicted molar refractivity (Wildman–Crippen MR) is 162 cm³/mol. The number of carbonyl (C=O) groups excluding carboxylic acids is 3. The van der Waals surface area contributed by atoms with Gasteiger partial charge in [-0.05, 0) is 67.5 Å². The van der Waals surface area contributed by atoms with Crippen molar-refractivity contribution in [2.75, 3.05) is 38.0 Å². The second kappa shape index (κ2) is 15.9. The molecule has 4 N–H and O–H groups in total. The summed E-state index contributed by atoms with van der Waals surface area (Å²) in [5.74, 6) is -3.09. The van der Waals surface area contributed by atoms with Gasteiger partial charge in [-0.3, -0.25) is 14.5 Å². The number of nitrogens with zero attached hydrogens (tertiary/aromatic N) is 2. The van der Waals surface area contributed by atoms with Crippen LogP contribution in [-0.2, 0) is 11.3 Å². The van der Waals surface area contributed by atoms with E-state index in [0.717, 1.165) is 31.2 Å². The first-order chi connectivity index (χ1) is 21.9. The number of hydrogen-bond acceptors (Lipinski definition) is 5. The molecule has 250 valence electrons. The van der Waals surface area contributed by atoms with Gasteiger partial charge in [0.2, 0.25) is 0 Å². The van der Waals surface area contributed by atoms with Crippen molar-refractivity contribution in [1.29, 1.82) is 0 Å². The van der Waals surface area contributed by atoms with Crippen LogP contribution in [0.5, 0.6) is 0 Å². The average Bonchev–Trinajstić information content (AvgIpc) is 3.86. The first-order valence-electron chi connectivity index (χ1n) is 15.4. The molecular formula is C32H39F4N5O5. The number of urea groups is 1. The third-order valence-corrected chi connectivity index (χ3v) is 8.15. The van der Waals surface area contributed by atoms with Crippen LogP contribution in [0, 0.1) is 11.7 Å². The van der Waals surface area contributed by atoms with Gasteiger partial charge in [0.25, 0.3) is 11.8 Å². The lowest BCUT2D eigenvalue weighted by molar-refractivity contribution is -0.192. The standard InChI is InChI=1S/C30H38FN5O3.C2HF3O2/c31-26-18-24(11-12-27(26)34-30(39)32-19-21-9-10-21)29(38)36-15-13-35(14-16-36)20-22-5-4-6-23(17-22)28(37)33-25-7-2-1-3-8-25;3-2(4,5)1(6)7/h4-6,11-12,17-18,21,25H,1-3,7-10,13-16,19-20H2,(H,33,37)(H2,32,34,39);(H,6,7). The van der Waals surface area contributed by atoms with E-state index in [9.17, 15) is 31.9 Å². The maximum Gasteiger partial charge on any atom is 0.490 e. The zero-order valence-corrected chi connectivity index (χ0v) is 25.4. The predicted octanol–water partition coefficient (Wildman–Crippen LogP) is 5.01. The molecule has 3 fully saturated rings. The van der Waals surface area contributed by atoms with Crippen molar-refractivity contribution in [2.45, 2.75) is 63.7 Å². The van der Waals surface area contributed by atoms with Crippen molar-refractivity contribution in [2.24, 2.45) is 5.92 Å². The van der Waals surface area contributed by atoms with Crippen molar-refractivity contribution < 1.29 is 41.8 Å². The van der Waals surface area contributed by atoms with Crippen LogP contribution in [0.15, 0.2) is 42.5 Å². The molecule has 0 atom stereocenters. The van der Waals surface area contributed by atoms with Gasteiger partial charge in [-0.25, -0.2) is 14.0 Å². The molecule has 2 saturated carbocycles. The number of carboxylic acid groups (broad SMARTS) is 1. The summed E-state index contributed by atoms with van der Waals surface area (Å²) in [7, 11) is 0. The quantitative estimate of drug-likeness (QED) is 0.298. The Bertz CT molecular complexity index is 1390. The lowest BCUT2D eigenvalue weighted by Crippen LogP contribution is -2.48. The van der Waals surface area contributed by atoms with Crippen LogP contribution < -0.4 is 16.0 Å². The smallest absolute Gasteiger partial charge is 0.475 e. The second-order valence-corrected chi connectivity index (χ2v) is 11.9. The Labute approximate surface area is 264 Å². The highest BCUT2D eigenvalue weighted by molar-refractivity contribution is 5.96. The summed E-state index contributed by atoms with van der Waals surface area (Å²) in [6.45, 7) is 3.74. The molecule has 0 radical (unpaired) electrons. The fourth-order valence-corrected chi connectivity index (χ4v) is 5.35. The molecule has 2 aromatic carbocycles. The zero-order chi connectivity index (χ0) is 33.3. The van der Waals surface area contributed by atoms with Crippen LogP contribution in [-0.4, -0.2) is 83.7 Å². The number of carboxylic acids is 1. The Morgan fingerprint density at radius 3 is 2.15 bits per heavy atom. The molecule has 0 bridgehead atoms. The molecule has 3 aliphatic rings. The SMILES string of the molecule is O=C(NCC1CC1)Nc1ccc(C(=O)N2CCN(Cc3cccc(C(=O)NC4CCCCC4)c3)CC2)cc1F.O=C(O)C(F)(F)F. The molecule has 0 aromatic heterocycles. The normalized spacial score (nSPS) is 17.3. The summed E-state index contributed by atoms with van der Waals surface area (Å²) in [4.78, 5) is 50.6. The van der Waals surface area contributed by atoms with E-state index < -0.39 is 24.0 Å². The van der Waals surface area contributed by atoms with Gasteiger partial charge in [0.1, 0.15) is 5.82 Å². The minimum atomic E-state index is -5.08. The Balaban J connectivity index is 0.000000617. The van der Waals surface area contributed by atoms with Crippen LogP contribution in [0.1, 0.15) is 71.2 Å². The Kier molecular flexibility index (Phi) is 12.0. The second-order valence-electron chi connectivity index (χ2n) is 11.9. The summed E-state index contributed by atoms with van der Waals surface area (Å²) < 4.78 is 46.4. The van der Waals surface area contributed by atoms with E-state index in [0.29, 0.717) is 50.7 Å². The van der Waals surface area contributed by atoms with Crippen LogP contribution in [0.2, 0.25) is 0 Å². The van der Waals surface area contributed by atoms with Crippen LogP contribution in [0.3, 0.4) is 0 Å². The number of halogens is 4. The lowest BCUT2D eigenvalue weighted by atomic mass is 9.95. The van der Waals surface area contributed by atoms with Gasteiger partial charge in [0.15, 0.2) is 0 Å². The van der Waals surface area contributed by atoms with Gasteiger partial charge >= 0.3 is 18.2 Å². The van der Waals surface area contributed by atoms with Crippen molar-refractivity contribution in [1.82, 2.24) is 20.4 Å². The van der Waals surface area contributed by atoms with Crippen molar-refractivity contribution in [3.05, 3.63) is 65.0 Å². The summed E-state index contributed by atoms with van der Waals surface area (Å²) in [6, 6.07) is 11.8.